The molecule has 2 aromatic rings. The first kappa shape index (κ1) is 23.1. The number of alkyl halides is 1. The Hall–Kier alpha value is -2.04. The van der Waals surface area contributed by atoms with Gasteiger partial charge in [0.1, 0.15) is 29.0 Å². The molecule has 0 amide bonds. The maximum atomic E-state index is 14.9. The highest BCUT2D eigenvalue weighted by Gasteiger charge is 2.34. The largest absolute Gasteiger partial charge is 0.379 e. The zero-order valence-corrected chi connectivity index (χ0v) is 19.0. The van der Waals surface area contributed by atoms with Crippen molar-refractivity contribution in [1.82, 2.24) is 14.9 Å². The van der Waals surface area contributed by atoms with Crippen LogP contribution in [0.4, 0.5) is 20.3 Å². The Morgan fingerprint density at radius 3 is 2.72 bits per heavy atom. The van der Waals surface area contributed by atoms with Gasteiger partial charge in [0.2, 0.25) is 0 Å². The summed E-state index contributed by atoms with van der Waals surface area (Å²) in [4.78, 5) is 9.12. The maximum Gasteiger partial charge on any atom is 0.266 e. The summed E-state index contributed by atoms with van der Waals surface area (Å²) in [5.41, 5.74) is 0.330. The average Bonchev–Trinajstić information content (AvgIpc) is 2.77. The number of hydrogen-bond acceptors (Lipinski definition) is 6. The molecule has 1 saturated heterocycles. The number of rotatable bonds is 6. The van der Waals surface area contributed by atoms with Gasteiger partial charge in [0.25, 0.3) is 10.0 Å². The summed E-state index contributed by atoms with van der Waals surface area (Å²) in [6.07, 6.45) is 7.01. The summed E-state index contributed by atoms with van der Waals surface area (Å²) < 4.78 is 56.3. The molecule has 0 spiro atoms. The van der Waals surface area contributed by atoms with Crippen LogP contribution in [0.3, 0.4) is 0 Å². The second-order valence-electron chi connectivity index (χ2n) is 8.30. The van der Waals surface area contributed by atoms with Crippen LogP contribution in [0.1, 0.15) is 38.5 Å². The van der Waals surface area contributed by atoms with Crippen molar-refractivity contribution >= 4 is 33.1 Å². The molecular weight excluding hydrogens is 460 g/mol. The minimum atomic E-state index is -4.23. The van der Waals surface area contributed by atoms with Gasteiger partial charge in [-0.1, -0.05) is 24.4 Å². The molecule has 32 heavy (non-hydrogen) atoms. The van der Waals surface area contributed by atoms with E-state index in [-0.39, 0.29) is 22.9 Å². The molecule has 11 heteroatoms. The Balaban J connectivity index is 1.53. The lowest BCUT2D eigenvalue weighted by Crippen LogP contribution is -2.52. The van der Waals surface area contributed by atoms with E-state index in [1.165, 1.54) is 18.6 Å². The third-order valence-corrected chi connectivity index (χ3v) is 7.75. The Morgan fingerprint density at radius 1 is 1.16 bits per heavy atom. The average molecular weight is 486 g/mol. The lowest BCUT2D eigenvalue weighted by molar-refractivity contribution is 0.0739. The maximum absolute atomic E-state index is 14.9. The van der Waals surface area contributed by atoms with Gasteiger partial charge in [-0.25, -0.2) is 27.2 Å². The van der Waals surface area contributed by atoms with Crippen LogP contribution < -0.4 is 10.0 Å². The van der Waals surface area contributed by atoms with E-state index in [9.17, 15) is 17.2 Å². The van der Waals surface area contributed by atoms with Crippen molar-refractivity contribution in [3.8, 4) is 0 Å². The van der Waals surface area contributed by atoms with E-state index < -0.39 is 26.9 Å². The van der Waals surface area contributed by atoms with Crippen LogP contribution in [0.5, 0.6) is 0 Å². The smallest absolute Gasteiger partial charge is 0.266 e. The van der Waals surface area contributed by atoms with Gasteiger partial charge in [0.05, 0.1) is 10.7 Å². The third kappa shape index (κ3) is 5.29. The standard InChI is InChI=1S/C21H26ClF2N5O2S/c22-15-10-20(32(30,31)28-21-7-8-25-13-26-21)16(24)11-18(15)27-17-5-1-2-6-19(17)29-9-3-4-14(23)12-29/h7-8,10-11,13-14,17,19,27H,1-6,9,12H2,(H,25,26,28)/t14-,17+,19+/m1/s1. The Bertz CT molecular complexity index is 1040. The van der Waals surface area contributed by atoms with Gasteiger partial charge in [-0.15, -0.1) is 0 Å². The van der Waals surface area contributed by atoms with E-state index in [4.69, 9.17) is 11.6 Å². The first-order chi connectivity index (χ1) is 15.3. The summed E-state index contributed by atoms with van der Waals surface area (Å²) >= 11 is 6.37. The van der Waals surface area contributed by atoms with Gasteiger partial charge < -0.3 is 5.32 Å². The lowest BCUT2D eigenvalue weighted by atomic mass is 9.87. The number of nitrogens with one attached hydrogen (secondary N) is 2. The van der Waals surface area contributed by atoms with E-state index in [0.29, 0.717) is 18.7 Å². The molecule has 0 bridgehead atoms. The van der Waals surface area contributed by atoms with Crippen LogP contribution >= 0.6 is 11.6 Å². The van der Waals surface area contributed by atoms with Crippen molar-refractivity contribution in [2.24, 2.45) is 0 Å². The highest BCUT2D eigenvalue weighted by Crippen LogP contribution is 2.33. The van der Waals surface area contributed by atoms with Crippen LogP contribution in [0, 0.1) is 5.82 Å². The highest BCUT2D eigenvalue weighted by atomic mass is 35.5. The fraction of sp³-hybridized carbons (Fsp3) is 0.524. The molecule has 0 radical (unpaired) electrons. The van der Waals surface area contributed by atoms with E-state index >= 15 is 0 Å². The molecule has 4 rings (SSSR count). The molecule has 2 fully saturated rings. The molecule has 1 aliphatic heterocycles. The Morgan fingerprint density at radius 2 is 1.97 bits per heavy atom. The van der Waals surface area contributed by atoms with Crippen LogP contribution in [0.2, 0.25) is 5.02 Å². The van der Waals surface area contributed by atoms with Crippen LogP contribution in [0.25, 0.3) is 0 Å². The summed E-state index contributed by atoms with van der Waals surface area (Å²) in [6, 6.07) is 3.67. The van der Waals surface area contributed by atoms with Crippen molar-refractivity contribution in [2.45, 2.75) is 61.7 Å². The van der Waals surface area contributed by atoms with Gasteiger partial charge in [-0.3, -0.25) is 9.62 Å². The normalized spacial score (nSPS) is 24.8. The van der Waals surface area contributed by atoms with Crippen molar-refractivity contribution in [2.75, 3.05) is 23.1 Å². The molecule has 2 heterocycles. The van der Waals surface area contributed by atoms with Gasteiger partial charge in [-0.2, -0.15) is 0 Å². The van der Waals surface area contributed by atoms with Gasteiger partial charge in [0.15, 0.2) is 0 Å². The number of piperidine rings is 1. The van der Waals surface area contributed by atoms with E-state index in [1.807, 2.05) is 0 Å². The highest BCUT2D eigenvalue weighted by molar-refractivity contribution is 7.92. The van der Waals surface area contributed by atoms with Gasteiger partial charge in [-0.05, 0) is 50.4 Å². The number of nitrogens with zero attached hydrogens (tertiary/aromatic N) is 3. The fourth-order valence-electron chi connectivity index (χ4n) is 4.56. The third-order valence-electron chi connectivity index (χ3n) is 6.07. The molecular formula is C21H26ClF2N5O2S. The fourth-order valence-corrected chi connectivity index (χ4v) is 5.94. The van der Waals surface area contributed by atoms with Crippen molar-refractivity contribution in [1.29, 1.82) is 0 Å². The zero-order valence-electron chi connectivity index (χ0n) is 17.5. The molecule has 174 valence electrons. The van der Waals surface area contributed by atoms with Gasteiger partial charge >= 0.3 is 0 Å². The van der Waals surface area contributed by atoms with E-state index in [0.717, 1.165) is 50.8 Å². The van der Waals surface area contributed by atoms with Crippen molar-refractivity contribution in [3.63, 3.8) is 0 Å². The molecule has 7 nitrogen and oxygen atoms in total. The number of benzene rings is 1. The number of halogens is 3. The molecule has 3 atom stereocenters. The summed E-state index contributed by atoms with van der Waals surface area (Å²) in [7, 11) is -4.23. The number of sulfonamides is 1. The number of anilines is 2. The van der Waals surface area contributed by atoms with E-state index in [1.54, 1.807) is 0 Å². The Kier molecular flexibility index (Phi) is 7.11. The SMILES string of the molecule is O=S(=O)(Nc1ccncn1)c1cc(Cl)c(N[C@H]2CCCC[C@@H]2N2CCC[C@@H](F)C2)cc1F. The number of aromatic nitrogens is 2. The Labute approximate surface area is 191 Å². The molecule has 1 aromatic carbocycles. The molecule has 1 aliphatic carbocycles. The number of hydrogen-bond donors (Lipinski definition) is 2. The lowest BCUT2D eigenvalue weighted by Gasteiger charge is -2.43. The summed E-state index contributed by atoms with van der Waals surface area (Å²) in [5.74, 6) is -0.900. The van der Waals surface area contributed by atoms with Crippen molar-refractivity contribution in [3.05, 3.63) is 41.6 Å². The molecule has 2 aliphatic rings. The number of likely N-dealkylation sites (tertiary alicyclic amines) is 1. The summed E-state index contributed by atoms with van der Waals surface area (Å²) in [5, 5.41) is 3.41. The van der Waals surface area contributed by atoms with Crippen molar-refractivity contribution < 1.29 is 17.2 Å². The monoisotopic (exact) mass is 485 g/mol. The topological polar surface area (TPSA) is 87.2 Å². The quantitative estimate of drug-likeness (QED) is 0.636. The molecule has 2 N–H and O–H groups in total. The van der Waals surface area contributed by atoms with E-state index in [2.05, 4.69) is 24.9 Å². The first-order valence-corrected chi connectivity index (χ1v) is 12.6. The summed E-state index contributed by atoms with van der Waals surface area (Å²) in [6.45, 7) is 1.26. The first-order valence-electron chi connectivity index (χ1n) is 10.8. The minimum Gasteiger partial charge on any atom is -0.379 e. The van der Waals surface area contributed by atoms with Crippen LogP contribution in [-0.2, 0) is 10.0 Å². The van der Waals surface area contributed by atoms with Crippen LogP contribution in [0.15, 0.2) is 35.6 Å². The second kappa shape index (κ2) is 9.84. The zero-order chi connectivity index (χ0) is 22.7. The second-order valence-corrected chi connectivity index (χ2v) is 10.4. The predicted molar refractivity (Wildman–Crippen MR) is 120 cm³/mol. The minimum absolute atomic E-state index is 0.0208. The van der Waals surface area contributed by atoms with Gasteiger partial charge in [0, 0.05) is 24.8 Å². The molecule has 0 unspecified atom stereocenters. The predicted octanol–water partition coefficient (Wildman–Crippen LogP) is 4.23. The molecule has 1 saturated carbocycles. The van der Waals surface area contributed by atoms with Crippen LogP contribution in [-0.4, -0.2) is 54.6 Å². The molecule has 1 aromatic heterocycles.